The molecule has 0 aliphatic carbocycles. The van der Waals surface area contributed by atoms with E-state index in [0.29, 0.717) is 0 Å². The van der Waals surface area contributed by atoms with E-state index in [1.54, 1.807) is 0 Å². The molecular formula is C13H29N3O2S. The molecule has 1 aliphatic heterocycles. The molecule has 0 amide bonds. The van der Waals surface area contributed by atoms with Crippen LogP contribution in [0.25, 0.3) is 0 Å². The van der Waals surface area contributed by atoms with E-state index in [2.05, 4.69) is 28.9 Å². The Morgan fingerprint density at radius 2 is 1.84 bits per heavy atom. The average molecular weight is 291 g/mol. The highest BCUT2D eigenvalue weighted by molar-refractivity contribution is 7.89. The Morgan fingerprint density at radius 3 is 2.47 bits per heavy atom. The van der Waals surface area contributed by atoms with E-state index in [0.717, 1.165) is 58.3 Å². The molecule has 0 aromatic heterocycles. The van der Waals surface area contributed by atoms with Gasteiger partial charge in [-0.05, 0) is 65.3 Å². The van der Waals surface area contributed by atoms with Crippen molar-refractivity contribution in [2.75, 3.05) is 39.0 Å². The Bertz CT molecular complexity index is 325. The SMILES string of the molecule is CCCNCCCCS(=O)(=O)NC1CCN(C)CC1. The van der Waals surface area contributed by atoms with Crippen LogP contribution in [0.1, 0.15) is 39.0 Å². The van der Waals surface area contributed by atoms with Crippen LogP contribution >= 0.6 is 0 Å². The van der Waals surface area contributed by atoms with E-state index in [9.17, 15) is 8.42 Å². The predicted octanol–water partition coefficient (Wildman–Crippen LogP) is 0.780. The minimum absolute atomic E-state index is 0.138. The van der Waals surface area contributed by atoms with E-state index in [4.69, 9.17) is 0 Å². The molecule has 1 saturated heterocycles. The number of hydrogen-bond acceptors (Lipinski definition) is 4. The Balaban J connectivity index is 2.13. The van der Waals surface area contributed by atoms with Crippen molar-refractivity contribution in [3.05, 3.63) is 0 Å². The maximum Gasteiger partial charge on any atom is 0.211 e. The van der Waals surface area contributed by atoms with Gasteiger partial charge < -0.3 is 10.2 Å². The third-order valence-electron chi connectivity index (χ3n) is 3.51. The van der Waals surface area contributed by atoms with Crippen molar-refractivity contribution < 1.29 is 8.42 Å². The molecule has 1 rings (SSSR count). The highest BCUT2D eigenvalue weighted by Crippen LogP contribution is 2.09. The van der Waals surface area contributed by atoms with Gasteiger partial charge in [0, 0.05) is 6.04 Å². The van der Waals surface area contributed by atoms with Crippen molar-refractivity contribution in [2.45, 2.75) is 45.1 Å². The number of likely N-dealkylation sites (tertiary alicyclic amines) is 1. The molecule has 5 nitrogen and oxygen atoms in total. The van der Waals surface area contributed by atoms with Crippen LogP contribution in [0.4, 0.5) is 0 Å². The zero-order valence-corrected chi connectivity index (χ0v) is 13.1. The molecule has 114 valence electrons. The molecule has 2 N–H and O–H groups in total. The smallest absolute Gasteiger partial charge is 0.211 e. The molecule has 0 bridgehead atoms. The van der Waals surface area contributed by atoms with Crippen LogP contribution in [0.2, 0.25) is 0 Å². The number of hydrogen-bond donors (Lipinski definition) is 2. The maximum absolute atomic E-state index is 11.9. The van der Waals surface area contributed by atoms with Crippen LogP contribution < -0.4 is 10.0 Å². The quantitative estimate of drug-likeness (QED) is 0.616. The monoisotopic (exact) mass is 291 g/mol. The summed E-state index contributed by atoms with van der Waals surface area (Å²) in [4.78, 5) is 2.24. The molecule has 0 unspecified atom stereocenters. The van der Waals surface area contributed by atoms with Crippen LogP contribution in [-0.4, -0.2) is 58.3 Å². The fourth-order valence-corrected chi connectivity index (χ4v) is 3.73. The zero-order valence-electron chi connectivity index (χ0n) is 12.3. The van der Waals surface area contributed by atoms with Gasteiger partial charge in [0.15, 0.2) is 0 Å². The molecule has 19 heavy (non-hydrogen) atoms. The lowest BCUT2D eigenvalue weighted by Crippen LogP contribution is -2.44. The van der Waals surface area contributed by atoms with E-state index in [1.807, 2.05) is 0 Å². The molecule has 0 saturated carbocycles. The summed E-state index contributed by atoms with van der Waals surface area (Å²) in [6.45, 7) is 6.02. The van der Waals surface area contributed by atoms with Gasteiger partial charge in [0.1, 0.15) is 0 Å². The van der Waals surface area contributed by atoms with Gasteiger partial charge in [0.25, 0.3) is 0 Å². The Hall–Kier alpha value is -0.170. The molecular weight excluding hydrogens is 262 g/mol. The van der Waals surface area contributed by atoms with E-state index in [1.165, 1.54) is 0 Å². The first kappa shape index (κ1) is 16.9. The van der Waals surface area contributed by atoms with Gasteiger partial charge in [-0.1, -0.05) is 6.92 Å². The van der Waals surface area contributed by atoms with Crippen LogP contribution in [0.3, 0.4) is 0 Å². The zero-order chi connectivity index (χ0) is 14.1. The Labute approximate surface area is 118 Å². The van der Waals surface area contributed by atoms with Crippen molar-refractivity contribution >= 4 is 10.0 Å². The summed E-state index contributed by atoms with van der Waals surface area (Å²) in [6, 6.07) is 0.138. The predicted molar refractivity (Wildman–Crippen MR) is 79.8 cm³/mol. The van der Waals surface area contributed by atoms with Gasteiger partial charge >= 0.3 is 0 Å². The molecule has 6 heteroatoms. The van der Waals surface area contributed by atoms with E-state index < -0.39 is 10.0 Å². The standard InChI is InChI=1S/C13H29N3O2S/c1-3-8-14-9-4-5-12-19(17,18)15-13-6-10-16(2)11-7-13/h13-15H,3-12H2,1-2H3. The highest BCUT2D eigenvalue weighted by Gasteiger charge is 2.21. The Kier molecular flexibility index (Phi) is 7.90. The number of piperidine rings is 1. The molecule has 0 spiro atoms. The number of rotatable bonds is 9. The van der Waals surface area contributed by atoms with Gasteiger partial charge in [0.05, 0.1) is 5.75 Å². The van der Waals surface area contributed by atoms with Crippen LogP contribution in [0.15, 0.2) is 0 Å². The molecule has 0 atom stereocenters. The lowest BCUT2D eigenvalue weighted by atomic mass is 10.1. The van der Waals surface area contributed by atoms with Crippen LogP contribution in [0.5, 0.6) is 0 Å². The largest absolute Gasteiger partial charge is 0.317 e. The van der Waals surface area contributed by atoms with Crippen LogP contribution in [-0.2, 0) is 10.0 Å². The summed E-state index contributed by atoms with van der Waals surface area (Å²) in [5, 5.41) is 3.29. The van der Waals surface area contributed by atoms with Crippen molar-refractivity contribution in [3.8, 4) is 0 Å². The molecule has 1 aliphatic rings. The van der Waals surface area contributed by atoms with Crippen molar-refractivity contribution in [1.82, 2.24) is 14.9 Å². The van der Waals surface area contributed by atoms with Crippen molar-refractivity contribution in [2.24, 2.45) is 0 Å². The summed E-state index contributed by atoms with van der Waals surface area (Å²) in [5.74, 6) is 0.257. The third-order valence-corrected chi connectivity index (χ3v) is 5.03. The summed E-state index contributed by atoms with van der Waals surface area (Å²) >= 11 is 0. The Morgan fingerprint density at radius 1 is 1.16 bits per heavy atom. The van der Waals surface area contributed by atoms with Gasteiger partial charge in [-0.2, -0.15) is 0 Å². The van der Waals surface area contributed by atoms with Crippen LogP contribution in [0, 0.1) is 0 Å². The van der Waals surface area contributed by atoms with Crippen molar-refractivity contribution in [3.63, 3.8) is 0 Å². The minimum atomic E-state index is -3.09. The summed E-state index contributed by atoms with van der Waals surface area (Å²) in [5.41, 5.74) is 0. The number of nitrogens with one attached hydrogen (secondary N) is 2. The first-order valence-electron chi connectivity index (χ1n) is 7.43. The second kappa shape index (κ2) is 8.89. The minimum Gasteiger partial charge on any atom is -0.317 e. The third kappa shape index (κ3) is 7.87. The first-order chi connectivity index (χ1) is 9.03. The molecule has 0 radical (unpaired) electrons. The number of sulfonamides is 1. The lowest BCUT2D eigenvalue weighted by Gasteiger charge is -2.29. The molecule has 0 aromatic rings. The van der Waals surface area contributed by atoms with Gasteiger partial charge in [-0.3, -0.25) is 0 Å². The summed E-state index contributed by atoms with van der Waals surface area (Å²) < 4.78 is 26.7. The lowest BCUT2D eigenvalue weighted by molar-refractivity contribution is 0.248. The van der Waals surface area contributed by atoms with Gasteiger partial charge in [0.2, 0.25) is 10.0 Å². The average Bonchev–Trinajstić information content (AvgIpc) is 2.36. The van der Waals surface area contributed by atoms with E-state index >= 15 is 0 Å². The molecule has 1 fully saturated rings. The molecule has 0 aromatic carbocycles. The number of unbranched alkanes of at least 4 members (excludes halogenated alkanes) is 1. The van der Waals surface area contributed by atoms with Gasteiger partial charge in [-0.25, -0.2) is 13.1 Å². The van der Waals surface area contributed by atoms with Gasteiger partial charge in [-0.15, -0.1) is 0 Å². The second-order valence-corrected chi connectivity index (χ2v) is 7.34. The summed E-state index contributed by atoms with van der Waals surface area (Å²) in [6.07, 6.45) is 4.63. The fraction of sp³-hybridized carbons (Fsp3) is 1.00. The highest BCUT2D eigenvalue weighted by atomic mass is 32.2. The molecule has 1 heterocycles. The normalized spacial score (nSPS) is 18.8. The fourth-order valence-electron chi connectivity index (χ4n) is 2.28. The second-order valence-electron chi connectivity index (χ2n) is 5.47. The maximum atomic E-state index is 11.9. The topological polar surface area (TPSA) is 61.4 Å². The summed E-state index contributed by atoms with van der Waals surface area (Å²) in [7, 11) is -1.01. The first-order valence-corrected chi connectivity index (χ1v) is 9.08. The number of nitrogens with zero attached hydrogens (tertiary/aromatic N) is 1. The van der Waals surface area contributed by atoms with E-state index in [-0.39, 0.29) is 11.8 Å². The van der Waals surface area contributed by atoms with Crippen molar-refractivity contribution in [1.29, 1.82) is 0 Å².